The van der Waals surface area contributed by atoms with Gasteiger partial charge in [0.1, 0.15) is 17.9 Å². The van der Waals surface area contributed by atoms with E-state index in [1.807, 2.05) is 25.1 Å². The Kier molecular flexibility index (Phi) is 5.14. The Balaban J connectivity index is 2.34. The second kappa shape index (κ2) is 7.09. The minimum Gasteiger partial charge on any atom is -0.389 e. The van der Waals surface area contributed by atoms with Gasteiger partial charge in [-0.15, -0.1) is 0 Å². The second-order valence-corrected chi connectivity index (χ2v) is 8.61. The minimum atomic E-state index is -0.878. The molecule has 2 aromatic heterocycles. The van der Waals surface area contributed by atoms with Crippen molar-refractivity contribution >= 4 is 27.8 Å². The molecule has 3 rings (SSSR count). The van der Waals surface area contributed by atoms with E-state index in [1.54, 1.807) is 13.8 Å². The molecule has 0 bridgehead atoms. The normalized spacial score (nSPS) is 12.9. The van der Waals surface area contributed by atoms with Gasteiger partial charge in [0.15, 0.2) is 5.82 Å². The van der Waals surface area contributed by atoms with E-state index < -0.39 is 5.60 Å². The van der Waals surface area contributed by atoms with Crippen molar-refractivity contribution < 1.29 is 9.84 Å². The standard InChI is InChI=1S/C21H30N4O2/c1-7-27-12-16-23-17-18(25(16)13-21(5,6)26)14-10-8-9-11-15(14)22-19(17)24-20(2,3)4/h8-11,26H,7,12-13H2,1-6H3,(H,22,24). The summed E-state index contributed by atoms with van der Waals surface area (Å²) in [5.41, 5.74) is 1.65. The Labute approximate surface area is 160 Å². The van der Waals surface area contributed by atoms with Crippen LogP contribution in [-0.4, -0.2) is 37.4 Å². The molecular weight excluding hydrogens is 340 g/mol. The quantitative estimate of drug-likeness (QED) is 0.683. The van der Waals surface area contributed by atoms with E-state index in [4.69, 9.17) is 14.7 Å². The number of pyridine rings is 1. The maximum absolute atomic E-state index is 10.5. The Morgan fingerprint density at radius 3 is 2.44 bits per heavy atom. The van der Waals surface area contributed by atoms with E-state index in [2.05, 4.69) is 36.7 Å². The van der Waals surface area contributed by atoms with E-state index in [0.717, 1.165) is 33.6 Å². The third kappa shape index (κ3) is 4.39. The van der Waals surface area contributed by atoms with Gasteiger partial charge in [0, 0.05) is 17.5 Å². The van der Waals surface area contributed by atoms with Crippen LogP contribution < -0.4 is 5.32 Å². The topological polar surface area (TPSA) is 72.2 Å². The molecule has 0 fully saturated rings. The van der Waals surface area contributed by atoms with Gasteiger partial charge in [0.2, 0.25) is 0 Å². The van der Waals surface area contributed by atoms with Gasteiger partial charge < -0.3 is 19.7 Å². The average Bonchev–Trinajstić information content (AvgIpc) is 2.89. The lowest BCUT2D eigenvalue weighted by molar-refractivity contribution is 0.0582. The van der Waals surface area contributed by atoms with Crippen molar-refractivity contribution in [2.45, 2.75) is 65.8 Å². The number of benzene rings is 1. The molecular formula is C21H30N4O2. The van der Waals surface area contributed by atoms with Gasteiger partial charge in [-0.2, -0.15) is 0 Å². The van der Waals surface area contributed by atoms with Gasteiger partial charge in [-0.1, -0.05) is 18.2 Å². The first-order valence-electron chi connectivity index (χ1n) is 9.45. The van der Waals surface area contributed by atoms with E-state index in [9.17, 15) is 5.11 Å². The zero-order valence-electron chi connectivity index (χ0n) is 17.1. The van der Waals surface area contributed by atoms with Crippen LogP contribution in [0.2, 0.25) is 0 Å². The number of nitrogens with zero attached hydrogens (tertiary/aromatic N) is 3. The molecule has 3 aromatic rings. The largest absolute Gasteiger partial charge is 0.389 e. The zero-order chi connectivity index (χ0) is 19.8. The molecule has 146 valence electrons. The van der Waals surface area contributed by atoms with Crippen LogP contribution in [0.4, 0.5) is 5.82 Å². The van der Waals surface area contributed by atoms with E-state index >= 15 is 0 Å². The molecule has 0 spiro atoms. The molecule has 0 saturated carbocycles. The third-order valence-corrected chi connectivity index (χ3v) is 4.14. The van der Waals surface area contributed by atoms with Crippen molar-refractivity contribution in [3.63, 3.8) is 0 Å². The molecule has 2 heterocycles. The molecule has 0 aliphatic rings. The summed E-state index contributed by atoms with van der Waals surface area (Å²) in [5.74, 6) is 1.55. The highest BCUT2D eigenvalue weighted by Crippen LogP contribution is 2.32. The summed E-state index contributed by atoms with van der Waals surface area (Å²) < 4.78 is 7.72. The third-order valence-electron chi connectivity index (χ3n) is 4.14. The highest BCUT2D eigenvalue weighted by atomic mass is 16.5. The number of aliphatic hydroxyl groups is 1. The summed E-state index contributed by atoms with van der Waals surface area (Å²) in [6.45, 7) is 13.3. The minimum absolute atomic E-state index is 0.150. The lowest BCUT2D eigenvalue weighted by Gasteiger charge is -2.23. The smallest absolute Gasteiger partial charge is 0.155 e. The molecule has 6 heteroatoms. The Hall–Kier alpha value is -2.18. The number of hydrogen-bond acceptors (Lipinski definition) is 5. The van der Waals surface area contributed by atoms with Gasteiger partial charge >= 0.3 is 0 Å². The Morgan fingerprint density at radius 2 is 1.81 bits per heavy atom. The lowest BCUT2D eigenvalue weighted by Crippen LogP contribution is -2.27. The van der Waals surface area contributed by atoms with Crippen LogP contribution in [0.25, 0.3) is 21.9 Å². The molecule has 1 aromatic carbocycles. The number of aromatic nitrogens is 3. The fourth-order valence-electron chi connectivity index (χ4n) is 3.19. The molecule has 0 atom stereocenters. The van der Waals surface area contributed by atoms with Crippen LogP contribution >= 0.6 is 0 Å². The van der Waals surface area contributed by atoms with Crippen molar-refractivity contribution in [3.05, 3.63) is 30.1 Å². The van der Waals surface area contributed by atoms with Gasteiger partial charge in [-0.05, 0) is 47.6 Å². The first kappa shape index (κ1) is 19.6. The van der Waals surface area contributed by atoms with Crippen LogP contribution in [0.1, 0.15) is 47.4 Å². The monoisotopic (exact) mass is 370 g/mol. The van der Waals surface area contributed by atoms with Crippen LogP contribution in [0.5, 0.6) is 0 Å². The molecule has 2 N–H and O–H groups in total. The number of hydrogen-bond donors (Lipinski definition) is 2. The van der Waals surface area contributed by atoms with E-state index in [0.29, 0.717) is 19.8 Å². The van der Waals surface area contributed by atoms with Crippen LogP contribution in [0, 0.1) is 0 Å². The van der Waals surface area contributed by atoms with Gasteiger partial charge in [-0.3, -0.25) is 0 Å². The molecule has 0 aliphatic carbocycles. The molecule has 0 radical (unpaired) electrons. The number of anilines is 1. The van der Waals surface area contributed by atoms with Crippen LogP contribution in [-0.2, 0) is 17.9 Å². The van der Waals surface area contributed by atoms with Crippen molar-refractivity contribution in [3.8, 4) is 0 Å². The lowest BCUT2D eigenvalue weighted by atomic mass is 10.1. The molecule has 6 nitrogen and oxygen atoms in total. The summed E-state index contributed by atoms with van der Waals surface area (Å²) >= 11 is 0. The van der Waals surface area contributed by atoms with Crippen LogP contribution in [0.3, 0.4) is 0 Å². The molecule has 0 saturated heterocycles. The number of nitrogens with one attached hydrogen (secondary N) is 1. The molecule has 0 amide bonds. The maximum atomic E-state index is 10.5. The van der Waals surface area contributed by atoms with E-state index in [1.165, 1.54) is 0 Å². The Bertz CT molecular complexity index is 949. The highest BCUT2D eigenvalue weighted by Gasteiger charge is 2.24. The van der Waals surface area contributed by atoms with Crippen molar-refractivity contribution in [1.29, 1.82) is 0 Å². The number of fused-ring (bicyclic) bond motifs is 3. The number of para-hydroxylation sites is 1. The zero-order valence-corrected chi connectivity index (χ0v) is 17.1. The highest BCUT2D eigenvalue weighted by molar-refractivity contribution is 6.07. The summed E-state index contributed by atoms with van der Waals surface area (Å²) in [5, 5.41) is 15.0. The first-order chi connectivity index (χ1) is 12.6. The van der Waals surface area contributed by atoms with E-state index in [-0.39, 0.29) is 5.54 Å². The maximum Gasteiger partial charge on any atom is 0.155 e. The summed E-state index contributed by atoms with van der Waals surface area (Å²) in [4.78, 5) is 9.70. The van der Waals surface area contributed by atoms with Gasteiger partial charge in [-0.25, -0.2) is 9.97 Å². The fraction of sp³-hybridized carbons (Fsp3) is 0.524. The molecule has 0 unspecified atom stereocenters. The van der Waals surface area contributed by atoms with Crippen LogP contribution in [0.15, 0.2) is 24.3 Å². The first-order valence-corrected chi connectivity index (χ1v) is 9.45. The van der Waals surface area contributed by atoms with Crippen molar-refractivity contribution in [1.82, 2.24) is 14.5 Å². The van der Waals surface area contributed by atoms with Crippen molar-refractivity contribution in [2.24, 2.45) is 0 Å². The number of imidazole rings is 1. The average molecular weight is 370 g/mol. The predicted molar refractivity (Wildman–Crippen MR) is 110 cm³/mol. The SMILES string of the molecule is CCOCc1nc2c(NC(C)(C)C)nc3ccccc3c2n1CC(C)(C)O. The molecule has 27 heavy (non-hydrogen) atoms. The van der Waals surface area contributed by atoms with Gasteiger partial charge in [0.25, 0.3) is 0 Å². The number of ether oxygens (including phenoxy) is 1. The predicted octanol–water partition coefficient (Wildman–Crippen LogP) is 4.10. The summed E-state index contributed by atoms with van der Waals surface area (Å²) in [7, 11) is 0. The van der Waals surface area contributed by atoms with Gasteiger partial charge in [0.05, 0.1) is 23.2 Å². The van der Waals surface area contributed by atoms with Crippen molar-refractivity contribution in [2.75, 3.05) is 11.9 Å². The fourth-order valence-corrected chi connectivity index (χ4v) is 3.19. The molecule has 0 aliphatic heterocycles. The summed E-state index contributed by atoms with van der Waals surface area (Å²) in [6, 6.07) is 8.05. The number of rotatable bonds is 6. The Morgan fingerprint density at radius 1 is 1.11 bits per heavy atom. The second-order valence-electron chi connectivity index (χ2n) is 8.61. The summed E-state index contributed by atoms with van der Waals surface area (Å²) in [6.07, 6.45) is 0.